The zero-order chi connectivity index (χ0) is 23.5. The Labute approximate surface area is 206 Å². The van der Waals surface area contributed by atoms with Gasteiger partial charge in [-0.3, -0.25) is 9.97 Å². The maximum absolute atomic E-state index is 4.38. The molecule has 4 heterocycles. The van der Waals surface area contributed by atoms with Crippen LogP contribution in [0.1, 0.15) is 44.9 Å². The number of para-hydroxylation sites is 2. The molecule has 0 aliphatic rings. The summed E-state index contributed by atoms with van der Waals surface area (Å²) in [6, 6.07) is 21.7. The fraction of sp³-hybridized carbons (Fsp3) is 0.290. The molecule has 0 atom stereocenters. The Bertz CT molecular complexity index is 1360. The molecule has 0 saturated heterocycles. The Morgan fingerprint density at radius 1 is 0.429 bits per heavy atom. The lowest BCUT2D eigenvalue weighted by molar-refractivity contribution is 0.540. The van der Waals surface area contributed by atoms with Crippen molar-refractivity contribution in [2.24, 2.45) is 0 Å². The number of aryl methyl sites for hydroxylation is 2. The summed E-state index contributed by atoms with van der Waals surface area (Å²) in [7, 11) is 0. The van der Waals surface area contributed by atoms with Crippen LogP contribution in [-0.2, 0) is 13.1 Å². The Morgan fingerprint density at radius 2 is 0.914 bits per heavy atom. The summed E-state index contributed by atoms with van der Waals surface area (Å²) >= 11 is 0. The number of nitrogens with zero attached hydrogens (tertiary/aromatic N) is 4. The van der Waals surface area contributed by atoms with E-state index in [1.54, 1.807) is 0 Å². The number of rotatable bonds is 10. The van der Waals surface area contributed by atoms with Gasteiger partial charge in [0.1, 0.15) is 0 Å². The van der Waals surface area contributed by atoms with Gasteiger partial charge in [-0.15, -0.1) is 0 Å². The highest BCUT2D eigenvalue weighted by Gasteiger charge is 2.10. The SMILES string of the molecule is c1ccc2c(c1)c1cnccc1n2CCCCCCCCCn1c2ccccc2c2ccncc21. The fourth-order valence-corrected chi connectivity index (χ4v) is 5.70. The van der Waals surface area contributed by atoms with Gasteiger partial charge in [-0.2, -0.15) is 0 Å². The Balaban J connectivity index is 0.980. The molecule has 6 aromatic rings. The molecule has 0 unspecified atom stereocenters. The number of pyridine rings is 2. The lowest BCUT2D eigenvalue weighted by atomic mass is 10.1. The molecule has 4 nitrogen and oxygen atoms in total. The summed E-state index contributed by atoms with van der Waals surface area (Å²) in [4.78, 5) is 8.73. The summed E-state index contributed by atoms with van der Waals surface area (Å²) < 4.78 is 4.94. The van der Waals surface area contributed by atoms with Gasteiger partial charge in [-0.05, 0) is 37.1 Å². The number of hydrogen-bond donors (Lipinski definition) is 0. The van der Waals surface area contributed by atoms with Crippen molar-refractivity contribution in [2.45, 2.75) is 58.0 Å². The summed E-state index contributed by atoms with van der Waals surface area (Å²) in [5, 5.41) is 5.23. The largest absolute Gasteiger partial charge is 0.340 e. The molecule has 0 aliphatic carbocycles. The van der Waals surface area contributed by atoms with Crippen molar-refractivity contribution in [2.75, 3.05) is 0 Å². The molecule has 0 aliphatic heterocycles. The van der Waals surface area contributed by atoms with Gasteiger partial charge < -0.3 is 9.13 Å². The summed E-state index contributed by atoms with van der Waals surface area (Å²) in [6.07, 6.45) is 16.8. The fourth-order valence-electron chi connectivity index (χ4n) is 5.70. The van der Waals surface area contributed by atoms with Gasteiger partial charge >= 0.3 is 0 Å². The molecule has 0 N–H and O–H groups in total. The van der Waals surface area contributed by atoms with E-state index in [1.807, 2.05) is 24.8 Å². The summed E-state index contributed by atoms with van der Waals surface area (Å²) in [5.74, 6) is 0. The second kappa shape index (κ2) is 9.91. The molecule has 6 rings (SSSR count). The molecule has 0 spiro atoms. The molecule has 0 bridgehead atoms. The number of aromatic nitrogens is 4. The van der Waals surface area contributed by atoms with Crippen LogP contribution < -0.4 is 0 Å². The second-order valence-electron chi connectivity index (χ2n) is 9.60. The van der Waals surface area contributed by atoms with E-state index in [4.69, 9.17) is 0 Å². The topological polar surface area (TPSA) is 35.6 Å². The van der Waals surface area contributed by atoms with Gasteiger partial charge in [-0.25, -0.2) is 0 Å². The molecule has 0 radical (unpaired) electrons. The van der Waals surface area contributed by atoms with Crippen LogP contribution in [0.4, 0.5) is 0 Å². The standard InChI is InChI=1S/C31H32N4/c1(2-4-10-20-34-29-15-9-7-13-25(29)27-22-32-19-17-30(27)34)3-5-11-21-35-28-14-8-6-12-24(28)26-16-18-33-23-31(26)35/h6-9,12-19,22-23H,1-5,10-11,20-21H2. The molecule has 35 heavy (non-hydrogen) atoms. The van der Waals surface area contributed by atoms with Crippen molar-refractivity contribution in [1.82, 2.24) is 19.1 Å². The molecule has 0 fully saturated rings. The third-order valence-electron chi connectivity index (χ3n) is 7.41. The summed E-state index contributed by atoms with van der Waals surface area (Å²) in [6.45, 7) is 2.15. The number of hydrogen-bond acceptors (Lipinski definition) is 2. The van der Waals surface area contributed by atoms with E-state index < -0.39 is 0 Å². The van der Waals surface area contributed by atoms with Crippen LogP contribution in [0.15, 0.2) is 85.5 Å². The van der Waals surface area contributed by atoms with Gasteiger partial charge in [-0.1, -0.05) is 68.5 Å². The second-order valence-corrected chi connectivity index (χ2v) is 9.60. The van der Waals surface area contributed by atoms with E-state index in [9.17, 15) is 0 Å². The zero-order valence-electron chi connectivity index (χ0n) is 20.2. The molecule has 2 aromatic carbocycles. The number of fused-ring (bicyclic) bond motifs is 6. The third-order valence-corrected chi connectivity index (χ3v) is 7.41. The van der Waals surface area contributed by atoms with E-state index >= 15 is 0 Å². The van der Waals surface area contributed by atoms with Crippen molar-refractivity contribution in [3.05, 3.63) is 85.5 Å². The first-order valence-corrected chi connectivity index (χ1v) is 13.0. The smallest absolute Gasteiger partial charge is 0.0677 e. The quantitative estimate of drug-likeness (QED) is 0.193. The van der Waals surface area contributed by atoms with Crippen LogP contribution in [0.3, 0.4) is 0 Å². The van der Waals surface area contributed by atoms with E-state index in [0.29, 0.717) is 0 Å². The molecular weight excluding hydrogens is 428 g/mol. The van der Waals surface area contributed by atoms with E-state index in [1.165, 1.54) is 88.6 Å². The molecular formula is C31H32N4. The highest BCUT2D eigenvalue weighted by atomic mass is 15.0. The van der Waals surface area contributed by atoms with Gasteiger partial charge in [0.25, 0.3) is 0 Å². The Hall–Kier alpha value is -3.66. The van der Waals surface area contributed by atoms with E-state index in [-0.39, 0.29) is 0 Å². The number of benzene rings is 2. The Morgan fingerprint density at radius 3 is 1.63 bits per heavy atom. The first-order valence-electron chi connectivity index (χ1n) is 13.0. The van der Waals surface area contributed by atoms with Gasteiger partial charge in [0.2, 0.25) is 0 Å². The monoisotopic (exact) mass is 460 g/mol. The molecule has 4 aromatic heterocycles. The zero-order valence-corrected chi connectivity index (χ0v) is 20.2. The predicted octanol–water partition coefficient (Wildman–Crippen LogP) is 8.12. The normalized spacial score (nSPS) is 11.9. The van der Waals surface area contributed by atoms with Crippen LogP contribution in [0.2, 0.25) is 0 Å². The summed E-state index contributed by atoms with van der Waals surface area (Å²) in [5.41, 5.74) is 5.23. The highest BCUT2D eigenvalue weighted by molar-refractivity contribution is 6.08. The molecule has 0 saturated carbocycles. The van der Waals surface area contributed by atoms with Crippen LogP contribution in [0.5, 0.6) is 0 Å². The molecule has 0 amide bonds. The molecule has 4 heteroatoms. The van der Waals surface area contributed by atoms with Crippen molar-refractivity contribution in [3.63, 3.8) is 0 Å². The van der Waals surface area contributed by atoms with Crippen LogP contribution in [0, 0.1) is 0 Å². The van der Waals surface area contributed by atoms with Crippen molar-refractivity contribution in [3.8, 4) is 0 Å². The van der Waals surface area contributed by atoms with Crippen LogP contribution >= 0.6 is 0 Å². The maximum Gasteiger partial charge on any atom is 0.0677 e. The van der Waals surface area contributed by atoms with Gasteiger partial charge in [0.05, 0.1) is 17.2 Å². The minimum Gasteiger partial charge on any atom is -0.340 e. The average Bonchev–Trinajstić information content (AvgIpc) is 3.41. The average molecular weight is 461 g/mol. The van der Waals surface area contributed by atoms with Crippen molar-refractivity contribution >= 4 is 43.6 Å². The van der Waals surface area contributed by atoms with E-state index in [2.05, 4.69) is 79.8 Å². The van der Waals surface area contributed by atoms with Gasteiger partial charge in [0.15, 0.2) is 0 Å². The third kappa shape index (κ3) is 4.18. The van der Waals surface area contributed by atoms with Crippen LogP contribution in [0.25, 0.3) is 43.6 Å². The number of unbranched alkanes of at least 4 members (excludes halogenated alkanes) is 6. The first kappa shape index (κ1) is 21.8. The first-order chi connectivity index (χ1) is 17.4. The van der Waals surface area contributed by atoms with Crippen molar-refractivity contribution < 1.29 is 0 Å². The lowest BCUT2D eigenvalue weighted by Crippen LogP contribution is -1.98. The van der Waals surface area contributed by atoms with Gasteiger partial charge in [0, 0.05) is 64.3 Å². The highest BCUT2D eigenvalue weighted by Crippen LogP contribution is 2.30. The predicted molar refractivity (Wildman–Crippen MR) is 147 cm³/mol. The lowest BCUT2D eigenvalue weighted by Gasteiger charge is -2.08. The van der Waals surface area contributed by atoms with Crippen molar-refractivity contribution in [1.29, 1.82) is 0 Å². The minimum absolute atomic E-state index is 1.07. The van der Waals surface area contributed by atoms with Crippen LogP contribution in [-0.4, -0.2) is 19.1 Å². The maximum atomic E-state index is 4.38. The minimum atomic E-state index is 1.07. The Kier molecular flexibility index (Phi) is 6.18. The van der Waals surface area contributed by atoms with E-state index in [0.717, 1.165) is 13.1 Å². The molecule has 176 valence electrons.